The van der Waals surface area contributed by atoms with Gasteiger partial charge in [-0.15, -0.1) is 0 Å². The number of nitro groups is 1. The van der Waals surface area contributed by atoms with Gasteiger partial charge in [0.1, 0.15) is 49.0 Å². The van der Waals surface area contributed by atoms with Gasteiger partial charge in [0.25, 0.3) is 0 Å². The molecule has 1 heterocycles. The molecule has 7 N–H and O–H groups in total. The van der Waals surface area contributed by atoms with Crippen LogP contribution < -0.4 is 31.9 Å². The number of carboxylic acids is 1. The Morgan fingerprint density at radius 2 is 1.29 bits per heavy atom. The van der Waals surface area contributed by atoms with Crippen LogP contribution in [0, 0.1) is 34.8 Å². The fraction of sp³-hybridized carbons (Fsp3) is 0.491. The van der Waals surface area contributed by atoms with Crippen LogP contribution in [0.1, 0.15) is 101 Å². The molecule has 3 aromatic rings. The third-order valence-corrected chi connectivity index (χ3v) is 13.6. The Balaban J connectivity index is 1.46. The third-order valence-electron chi connectivity index (χ3n) is 13.6. The van der Waals surface area contributed by atoms with Gasteiger partial charge in [0.2, 0.25) is 29.7 Å². The molecule has 1 saturated carbocycles. The van der Waals surface area contributed by atoms with Crippen molar-refractivity contribution in [3.8, 4) is 0 Å². The smallest absolute Gasteiger partial charge is 0.408 e. The van der Waals surface area contributed by atoms with Crippen LogP contribution >= 0.6 is 0 Å². The number of carbonyl (C=O) groups excluding carboxylic acids is 6. The van der Waals surface area contributed by atoms with Gasteiger partial charge in [0, 0.05) is 35.6 Å². The maximum Gasteiger partial charge on any atom is 0.408 e. The Kier molecular flexibility index (Phi) is 20.4. The first-order valence-electron chi connectivity index (χ1n) is 24.5. The Hall–Kier alpha value is -7.15. The number of amides is 5. The van der Waals surface area contributed by atoms with E-state index in [1.807, 2.05) is 38.1 Å². The van der Waals surface area contributed by atoms with Crippen LogP contribution in [-0.4, -0.2) is 107 Å². The molecule has 5 amide bonds. The second kappa shape index (κ2) is 26.3. The molecule has 0 spiro atoms. The van der Waals surface area contributed by atoms with Crippen molar-refractivity contribution in [3.05, 3.63) is 129 Å². The first kappa shape index (κ1) is 55.8. The zero-order valence-corrected chi connectivity index (χ0v) is 41.9. The number of aryl methyl sites for hydroxylation is 1. The molecular formula is C53H69N7O12. The molecule has 2 aliphatic rings. The number of carbonyl (C=O) groups is 7. The molecule has 19 heteroatoms. The molecule has 13 atom stereocenters. The summed E-state index contributed by atoms with van der Waals surface area (Å²) in [7, 11) is 0. The van der Waals surface area contributed by atoms with Gasteiger partial charge in [-0.3, -0.25) is 34.1 Å². The maximum absolute atomic E-state index is 14.9. The number of nitrogens with zero attached hydrogens (tertiary/aromatic N) is 1. The van der Waals surface area contributed by atoms with Crippen molar-refractivity contribution in [3.63, 3.8) is 0 Å². The van der Waals surface area contributed by atoms with Gasteiger partial charge < -0.3 is 46.5 Å². The molecule has 0 aromatic heterocycles. The number of rotatable bonds is 25. The lowest BCUT2D eigenvalue weighted by atomic mass is 9.90. The van der Waals surface area contributed by atoms with E-state index in [0.29, 0.717) is 36.1 Å². The van der Waals surface area contributed by atoms with Gasteiger partial charge in [0.05, 0.1) is 0 Å². The highest BCUT2D eigenvalue weighted by Crippen LogP contribution is 2.37. The number of hydrogen-bond donors (Lipinski definition) is 7. The van der Waals surface area contributed by atoms with Crippen molar-refractivity contribution < 1.29 is 53.1 Å². The molecule has 3 aromatic carbocycles. The second-order valence-electron chi connectivity index (χ2n) is 19.0. The molecular weight excluding hydrogens is 927 g/mol. The number of allylic oxidation sites excluding steroid dienone is 1. The van der Waals surface area contributed by atoms with E-state index < -0.39 is 119 Å². The summed E-state index contributed by atoms with van der Waals surface area (Å²) in [5.41, 5.74) is 2.87. The predicted molar refractivity (Wildman–Crippen MR) is 267 cm³/mol. The Labute approximate surface area is 420 Å². The standard InChI is InChI=1S/C53H69N7O12/c1-8-16-36-25-41(54-28-36)52(67)72-34(7)46(59-53(68)71-29-35-23-21-30(3)22-24-35)50(64)58-44(32(5)37-17-12-10-13-18-37)48(62)55-40(26-39-27-42(39)60(69)70)47(61)57-45(33(6)38-19-14-11-15-20-38)49(63)56-43(51(65)66)31(4)9-2/h8,10-24,31-34,36,39-46,54H,9,25-29H2,1-7H3,(H,55,62)(H,56,63)(H,57,61)(H,58,64)(H,59,68)(H,65,66)/b16-8-/t31-,32+,33+,34+,36-,39+,40+,41-,42+,43-,44-,45-,46+/m0/s1. The number of alkyl carbamates (subject to hydrolysis) is 1. The predicted octanol–water partition coefficient (Wildman–Crippen LogP) is 4.81. The second-order valence-corrected chi connectivity index (χ2v) is 19.0. The average Bonchev–Trinajstić information content (AvgIpc) is 4.00. The fourth-order valence-electron chi connectivity index (χ4n) is 8.79. The minimum absolute atomic E-state index is 0.0704. The monoisotopic (exact) mass is 996 g/mol. The van der Waals surface area contributed by atoms with Crippen molar-refractivity contribution in [2.75, 3.05) is 6.54 Å². The van der Waals surface area contributed by atoms with E-state index in [-0.39, 0.29) is 25.4 Å². The van der Waals surface area contributed by atoms with E-state index >= 15 is 0 Å². The number of benzene rings is 3. The average molecular weight is 996 g/mol. The van der Waals surface area contributed by atoms with Crippen LogP contribution in [-0.2, 0) is 44.8 Å². The van der Waals surface area contributed by atoms with E-state index in [9.17, 15) is 48.8 Å². The fourth-order valence-corrected chi connectivity index (χ4v) is 8.79. The summed E-state index contributed by atoms with van der Waals surface area (Å²) in [6.07, 6.45) is 2.26. The van der Waals surface area contributed by atoms with Gasteiger partial charge in [0.15, 0.2) is 0 Å². The highest BCUT2D eigenvalue weighted by molar-refractivity contribution is 5.97. The number of aliphatic carboxylic acids is 1. The topological polar surface area (TPSA) is 274 Å². The normalized spacial score (nSPS) is 20.9. The van der Waals surface area contributed by atoms with E-state index in [4.69, 9.17) is 9.47 Å². The molecule has 5 rings (SSSR count). The van der Waals surface area contributed by atoms with Gasteiger partial charge in [-0.05, 0) is 62.1 Å². The molecule has 388 valence electrons. The number of carboxylic acid groups (broad SMARTS) is 1. The van der Waals surface area contributed by atoms with Crippen molar-refractivity contribution in [2.45, 2.75) is 141 Å². The first-order valence-corrected chi connectivity index (χ1v) is 24.5. The van der Waals surface area contributed by atoms with E-state index in [1.54, 1.807) is 100 Å². The quantitative estimate of drug-likeness (QED) is 0.0260. The van der Waals surface area contributed by atoms with Crippen molar-refractivity contribution >= 4 is 41.7 Å². The zero-order chi connectivity index (χ0) is 52.6. The molecule has 1 aliphatic heterocycles. The van der Waals surface area contributed by atoms with Crippen LogP contribution in [0.2, 0.25) is 0 Å². The summed E-state index contributed by atoms with van der Waals surface area (Å²) in [5, 5.41) is 38.4. The Morgan fingerprint density at radius 3 is 1.82 bits per heavy atom. The Morgan fingerprint density at radius 1 is 0.750 bits per heavy atom. The van der Waals surface area contributed by atoms with Gasteiger partial charge in [-0.1, -0.05) is 137 Å². The lowest BCUT2D eigenvalue weighted by Gasteiger charge is -2.32. The number of ether oxygens (including phenoxy) is 2. The van der Waals surface area contributed by atoms with E-state index in [2.05, 4.69) is 31.9 Å². The minimum atomic E-state index is -1.62. The van der Waals surface area contributed by atoms with Gasteiger partial charge >= 0.3 is 18.0 Å². The molecule has 72 heavy (non-hydrogen) atoms. The zero-order valence-electron chi connectivity index (χ0n) is 41.9. The van der Waals surface area contributed by atoms with Crippen LogP contribution in [0.3, 0.4) is 0 Å². The van der Waals surface area contributed by atoms with Crippen molar-refractivity contribution in [2.24, 2.45) is 17.8 Å². The largest absolute Gasteiger partial charge is 0.480 e. The summed E-state index contributed by atoms with van der Waals surface area (Å²) in [5.74, 6) is -8.09. The summed E-state index contributed by atoms with van der Waals surface area (Å²) in [6.45, 7) is 12.3. The maximum atomic E-state index is 14.9. The minimum Gasteiger partial charge on any atom is -0.480 e. The van der Waals surface area contributed by atoms with Crippen LogP contribution in [0.15, 0.2) is 97.1 Å². The van der Waals surface area contributed by atoms with Crippen LogP contribution in [0.4, 0.5) is 4.79 Å². The first-order chi connectivity index (χ1) is 34.3. The molecule has 0 bridgehead atoms. The van der Waals surface area contributed by atoms with Gasteiger partial charge in [-0.25, -0.2) is 9.59 Å². The Bertz CT molecular complexity index is 2390. The van der Waals surface area contributed by atoms with Gasteiger partial charge in [-0.2, -0.15) is 0 Å². The number of nitrogens with one attached hydrogen (secondary N) is 6. The summed E-state index contributed by atoms with van der Waals surface area (Å²) < 4.78 is 11.3. The number of hydrogen-bond acceptors (Lipinski definition) is 12. The molecule has 1 saturated heterocycles. The summed E-state index contributed by atoms with van der Waals surface area (Å²) in [4.78, 5) is 109. The lowest BCUT2D eigenvalue weighted by molar-refractivity contribution is -0.498. The highest BCUT2D eigenvalue weighted by Gasteiger charge is 2.50. The highest BCUT2D eigenvalue weighted by atomic mass is 16.6. The molecule has 19 nitrogen and oxygen atoms in total. The van der Waals surface area contributed by atoms with E-state index in [0.717, 1.165) is 5.56 Å². The van der Waals surface area contributed by atoms with Crippen LogP contribution in [0.25, 0.3) is 0 Å². The molecule has 0 radical (unpaired) electrons. The summed E-state index contributed by atoms with van der Waals surface area (Å²) in [6, 6.07) is 15.6. The van der Waals surface area contributed by atoms with E-state index in [1.165, 1.54) is 6.92 Å². The number of esters is 1. The lowest BCUT2D eigenvalue weighted by Crippen LogP contribution is -2.61. The summed E-state index contributed by atoms with van der Waals surface area (Å²) >= 11 is 0. The molecule has 1 aliphatic carbocycles. The molecule has 2 fully saturated rings. The SMILES string of the molecule is C/C=C\[C@@H]1CN[C@H](C(=O)O[C@H](C)[C@@H](NC(=O)OCc2ccc(C)cc2)C(=O)N[C@H](C(=O)N[C@H](C[C@@H]2C[C@H]2[N+](=O)[O-])C(=O)N[C@H](C(=O)N[C@H](C(=O)O)[C@@H](C)CC)[C@H](C)c2ccccc2)[C@H](C)c2ccccc2)C1. The third kappa shape index (κ3) is 15.7. The molecule has 0 unspecified atom stereocenters. The van der Waals surface area contributed by atoms with Crippen molar-refractivity contribution in [1.82, 2.24) is 31.9 Å². The van der Waals surface area contributed by atoms with Crippen LogP contribution in [0.5, 0.6) is 0 Å². The van der Waals surface area contributed by atoms with Crippen molar-refractivity contribution in [1.29, 1.82) is 0 Å².